The SMILES string of the molecule is COc1cc(Cl)c(C)cc1Nc1nc(C)c(CCO)c(=O)[nH]1. The summed E-state index contributed by atoms with van der Waals surface area (Å²) in [5.41, 5.74) is 2.31. The molecule has 1 aromatic carbocycles. The van der Waals surface area contributed by atoms with E-state index >= 15 is 0 Å². The predicted octanol–water partition coefficient (Wildman–Crippen LogP) is 2.33. The van der Waals surface area contributed by atoms with Gasteiger partial charge in [-0.2, -0.15) is 0 Å². The van der Waals surface area contributed by atoms with Gasteiger partial charge in [0.15, 0.2) is 0 Å². The maximum Gasteiger partial charge on any atom is 0.255 e. The molecule has 0 aliphatic rings. The summed E-state index contributed by atoms with van der Waals surface area (Å²) in [6.07, 6.45) is 0.276. The molecule has 0 unspecified atom stereocenters. The quantitative estimate of drug-likeness (QED) is 0.786. The van der Waals surface area contributed by atoms with Gasteiger partial charge in [-0.3, -0.25) is 9.78 Å². The molecular formula is C15H18ClN3O3. The smallest absolute Gasteiger partial charge is 0.255 e. The van der Waals surface area contributed by atoms with E-state index in [-0.39, 0.29) is 18.6 Å². The van der Waals surface area contributed by atoms with Gasteiger partial charge in [0.2, 0.25) is 5.95 Å². The van der Waals surface area contributed by atoms with Crippen molar-refractivity contribution in [1.29, 1.82) is 0 Å². The molecule has 6 nitrogen and oxygen atoms in total. The zero-order valence-electron chi connectivity index (χ0n) is 12.7. The number of aliphatic hydroxyl groups excluding tert-OH is 1. The van der Waals surface area contributed by atoms with Gasteiger partial charge < -0.3 is 15.2 Å². The molecule has 0 aliphatic heterocycles. The van der Waals surface area contributed by atoms with Crippen molar-refractivity contribution in [1.82, 2.24) is 9.97 Å². The number of aromatic nitrogens is 2. The number of nitrogens with one attached hydrogen (secondary N) is 2. The highest BCUT2D eigenvalue weighted by atomic mass is 35.5. The van der Waals surface area contributed by atoms with Crippen LogP contribution in [0.25, 0.3) is 0 Å². The summed E-state index contributed by atoms with van der Waals surface area (Å²) >= 11 is 6.07. The molecule has 0 saturated heterocycles. The summed E-state index contributed by atoms with van der Waals surface area (Å²) in [6.45, 7) is 3.51. The number of hydrogen-bond acceptors (Lipinski definition) is 5. The van der Waals surface area contributed by atoms with Crippen LogP contribution in [0.15, 0.2) is 16.9 Å². The Kier molecular flexibility index (Phi) is 5.05. The fourth-order valence-electron chi connectivity index (χ4n) is 2.13. The van der Waals surface area contributed by atoms with E-state index in [0.29, 0.717) is 33.7 Å². The zero-order valence-corrected chi connectivity index (χ0v) is 13.4. The third-order valence-electron chi connectivity index (χ3n) is 3.32. The number of halogens is 1. The van der Waals surface area contributed by atoms with E-state index in [9.17, 15) is 4.79 Å². The van der Waals surface area contributed by atoms with Crippen molar-refractivity contribution in [3.63, 3.8) is 0 Å². The molecule has 118 valence electrons. The van der Waals surface area contributed by atoms with Crippen molar-refractivity contribution < 1.29 is 9.84 Å². The lowest BCUT2D eigenvalue weighted by atomic mass is 10.2. The van der Waals surface area contributed by atoms with Crippen LogP contribution in [0.2, 0.25) is 5.02 Å². The Hall–Kier alpha value is -2.05. The molecule has 2 rings (SSSR count). The molecule has 3 N–H and O–H groups in total. The topological polar surface area (TPSA) is 87.2 Å². The van der Waals surface area contributed by atoms with Crippen LogP contribution < -0.4 is 15.6 Å². The summed E-state index contributed by atoms with van der Waals surface area (Å²) < 4.78 is 5.28. The van der Waals surface area contributed by atoms with Crippen molar-refractivity contribution in [2.45, 2.75) is 20.3 Å². The average molecular weight is 324 g/mol. The highest BCUT2D eigenvalue weighted by Gasteiger charge is 2.11. The minimum atomic E-state index is -0.270. The Bertz CT molecular complexity index is 744. The van der Waals surface area contributed by atoms with Crippen LogP contribution in [0.1, 0.15) is 16.8 Å². The van der Waals surface area contributed by atoms with Crippen molar-refractivity contribution in [3.05, 3.63) is 44.3 Å². The monoisotopic (exact) mass is 323 g/mol. The molecule has 0 fully saturated rings. The second kappa shape index (κ2) is 6.81. The van der Waals surface area contributed by atoms with Crippen LogP contribution in [-0.2, 0) is 6.42 Å². The molecule has 2 aromatic rings. The highest BCUT2D eigenvalue weighted by molar-refractivity contribution is 6.31. The second-order valence-corrected chi connectivity index (χ2v) is 5.29. The van der Waals surface area contributed by atoms with Crippen LogP contribution in [0.4, 0.5) is 11.6 Å². The van der Waals surface area contributed by atoms with E-state index in [0.717, 1.165) is 5.56 Å². The predicted molar refractivity (Wildman–Crippen MR) is 86.4 cm³/mol. The lowest BCUT2D eigenvalue weighted by Crippen LogP contribution is -2.19. The summed E-state index contributed by atoms with van der Waals surface area (Å²) in [5, 5.41) is 12.6. The van der Waals surface area contributed by atoms with E-state index in [1.54, 1.807) is 13.0 Å². The largest absolute Gasteiger partial charge is 0.495 e. The number of rotatable bonds is 5. The van der Waals surface area contributed by atoms with E-state index in [1.165, 1.54) is 7.11 Å². The van der Waals surface area contributed by atoms with Gasteiger partial charge in [0, 0.05) is 29.7 Å². The Morgan fingerprint density at radius 2 is 2.14 bits per heavy atom. The maximum atomic E-state index is 12.0. The van der Waals surface area contributed by atoms with Gasteiger partial charge in [0.25, 0.3) is 5.56 Å². The van der Waals surface area contributed by atoms with Crippen LogP contribution in [0.3, 0.4) is 0 Å². The molecule has 0 spiro atoms. The van der Waals surface area contributed by atoms with E-state index in [4.69, 9.17) is 21.4 Å². The molecule has 1 heterocycles. The summed E-state index contributed by atoms with van der Waals surface area (Å²) in [7, 11) is 1.54. The Morgan fingerprint density at radius 3 is 2.73 bits per heavy atom. The van der Waals surface area contributed by atoms with Crippen molar-refractivity contribution >= 4 is 23.2 Å². The number of benzene rings is 1. The van der Waals surface area contributed by atoms with Crippen LogP contribution in [0.5, 0.6) is 5.75 Å². The van der Waals surface area contributed by atoms with Gasteiger partial charge in [-0.15, -0.1) is 0 Å². The standard InChI is InChI=1S/C15H18ClN3O3/c1-8-6-12(13(22-3)7-11(8)16)18-15-17-9(2)10(4-5-20)14(21)19-15/h6-7,20H,4-5H2,1-3H3,(H2,17,18,19,21). The van der Waals surface area contributed by atoms with Crippen LogP contribution in [-0.4, -0.2) is 28.8 Å². The molecule has 0 atom stereocenters. The molecule has 7 heteroatoms. The van der Waals surface area contributed by atoms with Gasteiger partial charge in [-0.1, -0.05) is 11.6 Å². The number of ether oxygens (including phenoxy) is 1. The molecule has 0 radical (unpaired) electrons. The number of aryl methyl sites for hydroxylation is 2. The minimum absolute atomic E-state index is 0.0947. The summed E-state index contributed by atoms with van der Waals surface area (Å²) in [5.74, 6) is 0.861. The maximum absolute atomic E-state index is 12.0. The average Bonchev–Trinajstić information content (AvgIpc) is 2.46. The molecule has 1 aromatic heterocycles. The Morgan fingerprint density at radius 1 is 1.41 bits per heavy atom. The van der Waals surface area contributed by atoms with Gasteiger partial charge in [-0.05, 0) is 25.5 Å². The first-order chi connectivity index (χ1) is 10.5. The molecular weight excluding hydrogens is 306 g/mol. The summed E-state index contributed by atoms with van der Waals surface area (Å²) in [4.78, 5) is 19.0. The Balaban J connectivity index is 2.39. The summed E-state index contributed by atoms with van der Waals surface area (Å²) in [6, 6.07) is 3.52. The Labute approximate surface area is 133 Å². The number of aliphatic hydroxyl groups is 1. The first-order valence-corrected chi connectivity index (χ1v) is 7.16. The van der Waals surface area contributed by atoms with Crippen LogP contribution in [0, 0.1) is 13.8 Å². The molecule has 0 bridgehead atoms. The van der Waals surface area contributed by atoms with Crippen LogP contribution >= 0.6 is 11.6 Å². The first kappa shape index (κ1) is 16.3. The first-order valence-electron chi connectivity index (χ1n) is 6.78. The minimum Gasteiger partial charge on any atom is -0.495 e. The number of aromatic amines is 1. The highest BCUT2D eigenvalue weighted by Crippen LogP contribution is 2.32. The normalized spacial score (nSPS) is 10.6. The zero-order chi connectivity index (χ0) is 16.3. The van der Waals surface area contributed by atoms with Gasteiger partial charge >= 0.3 is 0 Å². The third kappa shape index (κ3) is 3.40. The number of H-pyrrole nitrogens is 1. The van der Waals surface area contributed by atoms with Gasteiger partial charge in [-0.25, -0.2) is 4.98 Å². The molecule has 0 amide bonds. The molecule has 0 aliphatic carbocycles. The lowest BCUT2D eigenvalue weighted by Gasteiger charge is -2.13. The number of methoxy groups -OCH3 is 1. The van der Waals surface area contributed by atoms with Gasteiger partial charge in [0.1, 0.15) is 5.75 Å². The lowest BCUT2D eigenvalue weighted by molar-refractivity contribution is 0.298. The fourth-order valence-corrected chi connectivity index (χ4v) is 2.29. The number of hydrogen-bond donors (Lipinski definition) is 3. The second-order valence-electron chi connectivity index (χ2n) is 4.88. The number of nitrogens with zero attached hydrogens (tertiary/aromatic N) is 1. The van der Waals surface area contributed by atoms with Gasteiger partial charge in [0.05, 0.1) is 18.5 Å². The van der Waals surface area contributed by atoms with E-state index < -0.39 is 0 Å². The molecule has 22 heavy (non-hydrogen) atoms. The van der Waals surface area contributed by atoms with Crippen molar-refractivity contribution in [3.8, 4) is 5.75 Å². The van der Waals surface area contributed by atoms with E-state index in [2.05, 4.69) is 15.3 Å². The van der Waals surface area contributed by atoms with E-state index in [1.807, 2.05) is 13.0 Å². The fraction of sp³-hybridized carbons (Fsp3) is 0.333. The third-order valence-corrected chi connectivity index (χ3v) is 3.73. The molecule has 0 saturated carbocycles. The van der Waals surface area contributed by atoms with Crippen molar-refractivity contribution in [2.24, 2.45) is 0 Å². The number of anilines is 2. The van der Waals surface area contributed by atoms with Crippen molar-refractivity contribution in [2.75, 3.05) is 19.0 Å².